The number of nitrogens with zero attached hydrogens (tertiary/aromatic N) is 3. The topological polar surface area (TPSA) is 144 Å². The number of benzene rings is 2. The molecule has 0 radical (unpaired) electrons. The second kappa shape index (κ2) is 13.9. The van der Waals surface area contributed by atoms with Gasteiger partial charge in [-0.25, -0.2) is 14.5 Å². The van der Waals surface area contributed by atoms with Gasteiger partial charge in [0, 0.05) is 30.1 Å². The molecule has 0 bridgehead atoms. The van der Waals surface area contributed by atoms with Crippen LogP contribution in [0.5, 0.6) is 11.5 Å². The molecule has 1 aromatic heterocycles. The summed E-state index contributed by atoms with van der Waals surface area (Å²) in [6.07, 6.45) is 0.230. The summed E-state index contributed by atoms with van der Waals surface area (Å²) >= 11 is 1.10. The van der Waals surface area contributed by atoms with Gasteiger partial charge in [0.1, 0.15) is 22.2 Å². The zero-order valence-electron chi connectivity index (χ0n) is 23.4. The summed E-state index contributed by atoms with van der Waals surface area (Å²) in [5.74, 6) is -0.317. The standard InChI is InChI=1S/C27H32N4O8S2/c1-18-22(37-3)14-20(15-23(18)38-4)26(33)31(13-9-12-19-10-7-6-8-11-19)16-24-28-21(17-40-24)25(32)29-41(35,36)30(2)27(34)39-5/h6-8,10-11,14-15,17H,9,12-13,16H2,1-5H3,(H,29,32). The number of hydrogen-bond donors (Lipinski definition) is 1. The lowest BCUT2D eigenvalue weighted by Gasteiger charge is -2.23. The van der Waals surface area contributed by atoms with Crippen LogP contribution in [0.3, 0.4) is 0 Å². The lowest BCUT2D eigenvalue weighted by Crippen LogP contribution is -2.44. The quantitative estimate of drug-likeness (QED) is 0.329. The van der Waals surface area contributed by atoms with Crippen LogP contribution in [0.25, 0.3) is 0 Å². The van der Waals surface area contributed by atoms with Crippen molar-refractivity contribution < 1.29 is 37.0 Å². The molecular weight excluding hydrogens is 572 g/mol. The van der Waals surface area contributed by atoms with Gasteiger partial charge in [0.05, 0.1) is 27.9 Å². The average Bonchev–Trinajstić information content (AvgIpc) is 3.44. The van der Waals surface area contributed by atoms with Crippen molar-refractivity contribution in [3.63, 3.8) is 0 Å². The summed E-state index contributed by atoms with van der Waals surface area (Å²) < 4.78 is 41.9. The molecule has 220 valence electrons. The molecule has 41 heavy (non-hydrogen) atoms. The molecule has 0 aliphatic rings. The smallest absolute Gasteiger partial charge is 0.424 e. The molecule has 3 amide bonds. The van der Waals surface area contributed by atoms with E-state index in [-0.39, 0.29) is 22.5 Å². The summed E-state index contributed by atoms with van der Waals surface area (Å²) in [5.41, 5.74) is 2.06. The van der Waals surface area contributed by atoms with E-state index < -0.39 is 22.2 Å². The molecule has 3 aromatic rings. The van der Waals surface area contributed by atoms with Gasteiger partial charge >= 0.3 is 16.3 Å². The molecule has 0 spiro atoms. The van der Waals surface area contributed by atoms with Gasteiger partial charge in [0.25, 0.3) is 11.8 Å². The van der Waals surface area contributed by atoms with E-state index in [4.69, 9.17) is 9.47 Å². The predicted molar refractivity (Wildman–Crippen MR) is 152 cm³/mol. The minimum Gasteiger partial charge on any atom is -0.496 e. The Morgan fingerprint density at radius 2 is 1.66 bits per heavy atom. The molecule has 0 aliphatic carbocycles. The van der Waals surface area contributed by atoms with Gasteiger partial charge in [-0.15, -0.1) is 11.3 Å². The number of ether oxygens (including phenoxy) is 3. The third-order valence-corrected chi connectivity index (χ3v) is 8.29. The van der Waals surface area contributed by atoms with Gasteiger partial charge in [-0.1, -0.05) is 30.3 Å². The molecule has 0 unspecified atom stereocenters. The van der Waals surface area contributed by atoms with Crippen LogP contribution in [-0.2, 0) is 27.9 Å². The minimum absolute atomic E-state index is 0.0683. The Morgan fingerprint density at radius 1 is 1.02 bits per heavy atom. The van der Waals surface area contributed by atoms with E-state index in [0.717, 1.165) is 43.0 Å². The molecule has 0 fully saturated rings. The van der Waals surface area contributed by atoms with Crippen molar-refractivity contribution in [3.05, 3.63) is 75.2 Å². The first-order valence-electron chi connectivity index (χ1n) is 12.4. The number of rotatable bonds is 12. The van der Waals surface area contributed by atoms with E-state index in [0.29, 0.717) is 35.0 Å². The number of amides is 3. The monoisotopic (exact) mass is 604 g/mol. The van der Waals surface area contributed by atoms with E-state index >= 15 is 0 Å². The fraction of sp³-hybridized carbons (Fsp3) is 0.333. The van der Waals surface area contributed by atoms with E-state index in [1.807, 2.05) is 37.3 Å². The zero-order chi connectivity index (χ0) is 30.2. The number of aryl methyl sites for hydroxylation is 1. The van der Waals surface area contributed by atoms with Gasteiger partial charge in [-0.2, -0.15) is 12.7 Å². The number of carbonyl (C=O) groups is 3. The molecule has 0 aliphatic heterocycles. The number of methoxy groups -OCH3 is 3. The van der Waals surface area contributed by atoms with Crippen LogP contribution in [0.2, 0.25) is 0 Å². The van der Waals surface area contributed by atoms with E-state index in [1.165, 1.54) is 19.6 Å². The number of nitrogens with one attached hydrogen (secondary N) is 1. The summed E-state index contributed by atoms with van der Waals surface area (Å²) in [7, 11) is 0.483. The summed E-state index contributed by atoms with van der Waals surface area (Å²) in [4.78, 5) is 43.7. The maximum Gasteiger partial charge on any atom is 0.424 e. The molecule has 0 saturated carbocycles. The SMILES string of the molecule is COC(=O)N(C)S(=O)(=O)NC(=O)c1csc(CN(CCCc2ccccc2)C(=O)c2cc(OC)c(C)c(OC)c2)n1. The van der Waals surface area contributed by atoms with Gasteiger partial charge in [0.2, 0.25) is 0 Å². The molecule has 14 heteroatoms. The Balaban J connectivity index is 1.83. The number of carbonyl (C=O) groups excluding carboxylic acids is 3. The van der Waals surface area contributed by atoms with Crippen LogP contribution in [0, 0.1) is 6.92 Å². The first kappa shape index (κ1) is 31.4. The second-order valence-electron chi connectivity index (χ2n) is 8.82. The van der Waals surface area contributed by atoms with E-state index in [9.17, 15) is 22.8 Å². The highest BCUT2D eigenvalue weighted by atomic mass is 32.2. The van der Waals surface area contributed by atoms with Crippen molar-refractivity contribution in [1.29, 1.82) is 0 Å². The van der Waals surface area contributed by atoms with Crippen LogP contribution in [0.15, 0.2) is 47.8 Å². The first-order chi connectivity index (χ1) is 19.5. The number of aromatic nitrogens is 1. The van der Waals surface area contributed by atoms with Crippen LogP contribution >= 0.6 is 11.3 Å². The lowest BCUT2D eigenvalue weighted by atomic mass is 10.1. The normalized spacial score (nSPS) is 11.0. The molecule has 2 aromatic carbocycles. The maximum atomic E-state index is 13.7. The Labute approximate surface area is 243 Å². The Kier molecular flexibility index (Phi) is 10.7. The average molecular weight is 605 g/mol. The minimum atomic E-state index is -4.50. The molecule has 0 saturated heterocycles. The largest absolute Gasteiger partial charge is 0.496 e. The molecule has 3 rings (SSSR count). The highest BCUT2D eigenvalue weighted by molar-refractivity contribution is 7.88. The van der Waals surface area contributed by atoms with Crippen LogP contribution in [0.4, 0.5) is 4.79 Å². The van der Waals surface area contributed by atoms with Crippen molar-refractivity contribution in [1.82, 2.24) is 18.9 Å². The molecule has 12 nitrogen and oxygen atoms in total. The predicted octanol–water partition coefficient (Wildman–Crippen LogP) is 3.42. The molecule has 1 heterocycles. The molecule has 0 atom stereocenters. The highest BCUT2D eigenvalue weighted by Crippen LogP contribution is 2.30. The summed E-state index contributed by atoms with van der Waals surface area (Å²) in [6.45, 7) is 2.28. The Morgan fingerprint density at radius 3 is 2.24 bits per heavy atom. The van der Waals surface area contributed by atoms with E-state index in [2.05, 4.69) is 9.72 Å². The molecular formula is C27H32N4O8S2. The van der Waals surface area contributed by atoms with Crippen LogP contribution < -0.4 is 14.2 Å². The first-order valence-corrected chi connectivity index (χ1v) is 14.7. The van der Waals surface area contributed by atoms with Crippen molar-refractivity contribution >= 4 is 39.5 Å². The van der Waals surface area contributed by atoms with Gasteiger partial charge < -0.3 is 19.1 Å². The highest BCUT2D eigenvalue weighted by Gasteiger charge is 2.28. The van der Waals surface area contributed by atoms with Crippen molar-refractivity contribution in [2.24, 2.45) is 0 Å². The lowest BCUT2D eigenvalue weighted by molar-refractivity contribution is 0.0740. The summed E-state index contributed by atoms with van der Waals surface area (Å²) in [6, 6.07) is 13.2. The van der Waals surface area contributed by atoms with Gasteiger partial charge in [-0.05, 0) is 37.5 Å². The Bertz CT molecular complexity index is 1470. The number of thiazole rings is 1. The zero-order valence-corrected chi connectivity index (χ0v) is 25.0. The van der Waals surface area contributed by atoms with Crippen LogP contribution in [0.1, 0.15) is 43.4 Å². The third-order valence-electron chi connectivity index (χ3n) is 6.15. The fourth-order valence-corrected chi connectivity index (χ4v) is 5.41. The van der Waals surface area contributed by atoms with Crippen molar-refractivity contribution in [3.8, 4) is 11.5 Å². The van der Waals surface area contributed by atoms with Gasteiger partial charge in [-0.3, -0.25) is 9.59 Å². The fourth-order valence-electron chi connectivity index (χ4n) is 3.88. The summed E-state index contributed by atoms with van der Waals surface area (Å²) in [5, 5.41) is 1.79. The third kappa shape index (κ3) is 7.95. The van der Waals surface area contributed by atoms with Crippen molar-refractivity contribution in [2.45, 2.75) is 26.3 Å². The van der Waals surface area contributed by atoms with E-state index in [1.54, 1.807) is 21.8 Å². The Hall–Kier alpha value is -4.17. The second-order valence-corrected chi connectivity index (χ2v) is 11.5. The van der Waals surface area contributed by atoms with Gasteiger partial charge in [0.15, 0.2) is 0 Å². The molecule has 1 N–H and O–H groups in total. The van der Waals surface area contributed by atoms with Crippen molar-refractivity contribution in [2.75, 3.05) is 34.9 Å². The van der Waals surface area contributed by atoms with Crippen LogP contribution in [-0.4, -0.2) is 75.4 Å². The maximum absolute atomic E-state index is 13.7. The number of hydrogen-bond acceptors (Lipinski definition) is 10.